The molecule has 70 valence electrons. The van der Waals surface area contributed by atoms with Gasteiger partial charge in [-0.05, 0) is 32.4 Å². The van der Waals surface area contributed by atoms with Crippen molar-refractivity contribution in [3.8, 4) is 5.75 Å². The first-order valence-corrected chi connectivity index (χ1v) is 4.56. The molecule has 2 rings (SSSR count). The van der Waals surface area contributed by atoms with Gasteiger partial charge in [-0.3, -0.25) is 0 Å². The number of ether oxygens (including phenoxy) is 1. The topological polar surface area (TPSA) is 35.2 Å². The first kappa shape index (κ1) is 8.57. The van der Waals surface area contributed by atoms with Crippen LogP contribution in [-0.2, 0) is 0 Å². The van der Waals surface area contributed by atoms with Gasteiger partial charge >= 0.3 is 0 Å². The summed E-state index contributed by atoms with van der Waals surface area (Å²) in [5, 5.41) is 0. The van der Waals surface area contributed by atoms with Crippen molar-refractivity contribution in [2.45, 2.75) is 32.4 Å². The summed E-state index contributed by atoms with van der Waals surface area (Å²) in [5.74, 6) is 0.942. The maximum atomic E-state index is 6.05. The van der Waals surface area contributed by atoms with Gasteiger partial charge in [0.15, 0.2) is 0 Å². The average molecular weight is 177 g/mol. The maximum absolute atomic E-state index is 6.05. The van der Waals surface area contributed by atoms with Crippen molar-refractivity contribution >= 4 is 0 Å². The maximum Gasteiger partial charge on any atom is 0.125 e. The van der Waals surface area contributed by atoms with E-state index in [1.54, 1.807) is 0 Å². The Labute approximate surface area is 78.7 Å². The van der Waals surface area contributed by atoms with Crippen LogP contribution >= 0.6 is 0 Å². The predicted octanol–water partition coefficient (Wildman–Crippen LogP) is 2.17. The molecule has 2 nitrogen and oxygen atoms in total. The van der Waals surface area contributed by atoms with E-state index in [1.165, 1.54) is 5.56 Å². The van der Waals surface area contributed by atoms with Crippen molar-refractivity contribution in [3.05, 3.63) is 29.3 Å². The van der Waals surface area contributed by atoms with E-state index in [-0.39, 0.29) is 11.6 Å². The monoisotopic (exact) mass is 177 g/mol. The smallest absolute Gasteiger partial charge is 0.125 e. The molecule has 1 unspecified atom stereocenters. The van der Waals surface area contributed by atoms with Crippen LogP contribution in [0.4, 0.5) is 0 Å². The van der Waals surface area contributed by atoms with E-state index in [9.17, 15) is 0 Å². The Balaban J connectivity index is 2.50. The number of nitrogens with two attached hydrogens (primary N) is 1. The Bertz CT molecular complexity index is 344. The standard InChI is InChI=1S/C11H15NO/c1-7-4-5-8-9(6-7)13-11(2,3)10(8)12/h4-6,10H,12H2,1-3H3. The third-order valence-electron chi connectivity index (χ3n) is 2.63. The largest absolute Gasteiger partial charge is 0.486 e. The summed E-state index contributed by atoms with van der Waals surface area (Å²) < 4.78 is 5.76. The zero-order valence-corrected chi connectivity index (χ0v) is 8.29. The van der Waals surface area contributed by atoms with Crippen molar-refractivity contribution < 1.29 is 4.74 Å². The third kappa shape index (κ3) is 1.22. The normalized spacial score (nSPS) is 23.8. The van der Waals surface area contributed by atoms with Gasteiger partial charge in [0.2, 0.25) is 0 Å². The highest BCUT2D eigenvalue weighted by Crippen LogP contribution is 2.41. The zero-order valence-electron chi connectivity index (χ0n) is 8.29. The van der Waals surface area contributed by atoms with Crippen LogP contribution in [0.2, 0.25) is 0 Å². The fourth-order valence-corrected chi connectivity index (χ4v) is 1.71. The fourth-order valence-electron chi connectivity index (χ4n) is 1.71. The molecule has 2 N–H and O–H groups in total. The van der Waals surface area contributed by atoms with Gasteiger partial charge in [-0.25, -0.2) is 0 Å². The molecule has 1 aliphatic heterocycles. The van der Waals surface area contributed by atoms with Crippen LogP contribution in [-0.4, -0.2) is 5.60 Å². The molecule has 0 amide bonds. The number of hydrogen-bond acceptors (Lipinski definition) is 2. The molecule has 1 aliphatic rings. The van der Waals surface area contributed by atoms with Gasteiger partial charge in [0.1, 0.15) is 11.4 Å². The summed E-state index contributed by atoms with van der Waals surface area (Å²) in [6, 6.07) is 6.17. The molecular weight excluding hydrogens is 162 g/mol. The van der Waals surface area contributed by atoms with Gasteiger partial charge in [-0.1, -0.05) is 12.1 Å². The van der Waals surface area contributed by atoms with E-state index in [2.05, 4.69) is 19.1 Å². The van der Waals surface area contributed by atoms with Crippen molar-refractivity contribution in [2.24, 2.45) is 5.73 Å². The lowest BCUT2D eigenvalue weighted by molar-refractivity contribution is 0.112. The number of hydrogen-bond donors (Lipinski definition) is 1. The molecule has 2 heteroatoms. The van der Waals surface area contributed by atoms with Crippen LogP contribution < -0.4 is 10.5 Å². The van der Waals surface area contributed by atoms with Gasteiger partial charge in [-0.2, -0.15) is 0 Å². The lowest BCUT2D eigenvalue weighted by Crippen LogP contribution is -2.35. The summed E-state index contributed by atoms with van der Waals surface area (Å²) in [7, 11) is 0. The Hall–Kier alpha value is -1.02. The SMILES string of the molecule is Cc1ccc2c(c1)OC(C)(C)C2N. The van der Waals surface area contributed by atoms with E-state index >= 15 is 0 Å². The summed E-state index contributed by atoms with van der Waals surface area (Å²) >= 11 is 0. The van der Waals surface area contributed by atoms with Gasteiger partial charge < -0.3 is 10.5 Å². The van der Waals surface area contributed by atoms with E-state index < -0.39 is 0 Å². The fraction of sp³-hybridized carbons (Fsp3) is 0.455. The van der Waals surface area contributed by atoms with E-state index in [4.69, 9.17) is 10.5 Å². The Morgan fingerprint density at radius 1 is 1.38 bits per heavy atom. The van der Waals surface area contributed by atoms with Crippen LogP contribution in [0.25, 0.3) is 0 Å². The van der Waals surface area contributed by atoms with E-state index in [0.29, 0.717) is 0 Å². The highest BCUT2D eigenvalue weighted by atomic mass is 16.5. The summed E-state index contributed by atoms with van der Waals surface area (Å²) in [6.45, 7) is 6.10. The minimum absolute atomic E-state index is 0.0110. The number of benzene rings is 1. The minimum atomic E-state index is -0.268. The van der Waals surface area contributed by atoms with Crippen molar-refractivity contribution in [3.63, 3.8) is 0 Å². The van der Waals surface area contributed by atoms with Crippen LogP contribution in [0.3, 0.4) is 0 Å². The molecule has 0 spiro atoms. The average Bonchev–Trinajstić information content (AvgIpc) is 2.22. The highest BCUT2D eigenvalue weighted by Gasteiger charge is 2.38. The van der Waals surface area contributed by atoms with E-state index in [1.807, 2.05) is 19.9 Å². The van der Waals surface area contributed by atoms with Crippen molar-refractivity contribution in [1.82, 2.24) is 0 Å². The molecule has 0 bridgehead atoms. The lowest BCUT2D eigenvalue weighted by Gasteiger charge is -2.22. The highest BCUT2D eigenvalue weighted by molar-refractivity contribution is 5.44. The second-order valence-corrected chi connectivity index (χ2v) is 4.22. The molecular formula is C11H15NO. The van der Waals surface area contributed by atoms with E-state index in [0.717, 1.165) is 11.3 Å². The van der Waals surface area contributed by atoms with Gasteiger partial charge in [0.25, 0.3) is 0 Å². The van der Waals surface area contributed by atoms with Crippen LogP contribution in [0.15, 0.2) is 18.2 Å². The summed E-state index contributed by atoms with van der Waals surface area (Å²) in [4.78, 5) is 0. The van der Waals surface area contributed by atoms with Gasteiger partial charge in [-0.15, -0.1) is 0 Å². The van der Waals surface area contributed by atoms with Crippen molar-refractivity contribution in [1.29, 1.82) is 0 Å². The first-order valence-electron chi connectivity index (χ1n) is 4.56. The Morgan fingerprint density at radius 2 is 2.08 bits per heavy atom. The zero-order chi connectivity index (χ0) is 9.64. The number of aryl methyl sites for hydroxylation is 1. The van der Waals surface area contributed by atoms with Crippen LogP contribution in [0.1, 0.15) is 31.0 Å². The number of fused-ring (bicyclic) bond motifs is 1. The van der Waals surface area contributed by atoms with Gasteiger partial charge in [0.05, 0.1) is 6.04 Å². The van der Waals surface area contributed by atoms with Gasteiger partial charge in [0, 0.05) is 5.56 Å². The molecule has 13 heavy (non-hydrogen) atoms. The molecule has 0 fully saturated rings. The molecule has 1 aromatic rings. The predicted molar refractivity (Wildman–Crippen MR) is 52.8 cm³/mol. The van der Waals surface area contributed by atoms with Crippen molar-refractivity contribution in [2.75, 3.05) is 0 Å². The summed E-state index contributed by atoms with van der Waals surface area (Å²) in [6.07, 6.45) is 0. The molecule has 1 aromatic carbocycles. The first-order chi connectivity index (χ1) is 6.00. The van der Waals surface area contributed by atoms with Crippen LogP contribution in [0, 0.1) is 6.92 Å². The number of rotatable bonds is 0. The Morgan fingerprint density at radius 3 is 2.77 bits per heavy atom. The molecule has 0 radical (unpaired) electrons. The second-order valence-electron chi connectivity index (χ2n) is 4.22. The van der Waals surface area contributed by atoms with Crippen LogP contribution in [0.5, 0.6) is 5.75 Å². The minimum Gasteiger partial charge on any atom is -0.486 e. The quantitative estimate of drug-likeness (QED) is 0.659. The molecule has 0 saturated heterocycles. The molecule has 1 atom stereocenters. The Kier molecular flexibility index (Phi) is 1.64. The second kappa shape index (κ2) is 2.48. The third-order valence-corrected chi connectivity index (χ3v) is 2.63. The molecule has 0 aromatic heterocycles. The summed E-state index contributed by atoms with van der Waals surface area (Å²) in [5.41, 5.74) is 8.11. The molecule has 1 heterocycles. The lowest BCUT2D eigenvalue weighted by atomic mass is 9.95. The molecule has 0 saturated carbocycles. The molecule has 0 aliphatic carbocycles.